The van der Waals surface area contributed by atoms with Crippen LogP contribution in [0.5, 0.6) is 0 Å². The van der Waals surface area contributed by atoms with Crippen LogP contribution in [0.2, 0.25) is 0 Å². The van der Waals surface area contributed by atoms with Crippen molar-refractivity contribution < 1.29 is 4.79 Å². The first-order valence-electron chi connectivity index (χ1n) is 8.40. The number of aromatic amines is 1. The number of carbonyl (C=O) groups excluding carboxylic acids is 1. The Morgan fingerprint density at radius 3 is 2.83 bits per heavy atom. The van der Waals surface area contributed by atoms with Crippen LogP contribution in [0.25, 0.3) is 16.8 Å². The van der Waals surface area contributed by atoms with E-state index in [2.05, 4.69) is 29.0 Å². The van der Waals surface area contributed by atoms with Gasteiger partial charge < -0.3 is 4.90 Å². The molecule has 0 aliphatic carbocycles. The van der Waals surface area contributed by atoms with E-state index in [0.29, 0.717) is 23.6 Å². The van der Waals surface area contributed by atoms with Crippen LogP contribution in [0.15, 0.2) is 29.4 Å². The van der Waals surface area contributed by atoms with E-state index >= 15 is 0 Å². The third-order valence-corrected chi connectivity index (χ3v) is 5.73. The zero-order chi connectivity index (χ0) is 16.7. The number of fused-ring (bicyclic) bond motifs is 3. The third kappa shape index (κ3) is 2.56. The molecule has 3 aromatic rings. The van der Waals surface area contributed by atoms with E-state index in [1.807, 2.05) is 33.6 Å². The van der Waals surface area contributed by atoms with E-state index in [-0.39, 0.29) is 5.91 Å². The molecule has 0 bridgehead atoms. The molecule has 6 nitrogen and oxygen atoms in total. The van der Waals surface area contributed by atoms with Crippen molar-refractivity contribution in [2.45, 2.75) is 50.4 Å². The number of carbonyl (C=O) groups is 1. The maximum absolute atomic E-state index is 12.7. The Balaban J connectivity index is 1.55. The van der Waals surface area contributed by atoms with Crippen molar-refractivity contribution in [3.05, 3.63) is 24.3 Å². The molecule has 0 spiro atoms. The zero-order valence-electron chi connectivity index (χ0n) is 13.9. The first-order chi connectivity index (χ1) is 11.6. The highest BCUT2D eigenvalue weighted by Crippen LogP contribution is 2.26. The normalized spacial score (nSPS) is 21.7. The SMILES string of the molecule is C[C@H]1CCC[C@H](C)N1C(=O)CSc1n[nH]c2nc3ccccc3n12. The highest BCUT2D eigenvalue weighted by Gasteiger charge is 2.29. The molecule has 3 heterocycles. The predicted molar refractivity (Wildman–Crippen MR) is 95.2 cm³/mol. The number of para-hydroxylation sites is 2. The number of amides is 1. The summed E-state index contributed by atoms with van der Waals surface area (Å²) in [7, 11) is 0. The van der Waals surface area contributed by atoms with E-state index in [9.17, 15) is 4.79 Å². The fraction of sp³-hybridized carbons (Fsp3) is 0.471. The maximum atomic E-state index is 12.7. The van der Waals surface area contributed by atoms with Crippen molar-refractivity contribution in [2.24, 2.45) is 0 Å². The Kier molecular flexibility index (Phi) is 3.96. The highest BCUT2D eigenvalue weighted by atomic mass is 32.2. The Hall–Kier alpha value is -2.02. The molecule has 0 radical (unpaired) electrons. The van der Waals surface area contributed by atoms with E-state index in [0.717, 1.165) is 29.0 Å². The summed E-state index contributed by atoms with van der Waals surface area (Å²) in [6.45, 7) is 4.29. The molecule has 2 atom stereocenters. The van der Waals surface area contributed by atoms with Crippen LogP contribution < -0.4 is 0 Å². The van der Waals surface area contributed by atoms with Crippen LogP contribution in [-0.4, -0.2) is 48.2 Å². The second-order valence-electron chi connectivity index (χ2n) is 6.48. The minimum atomic E-state index is 0.195. The molecule has 7 heteroatoms. The summed E-state index contributed by atoms with van der Waals surface area (Å²) in [6, 6.07) is 8.61. The zero-order valence-corrected chi connectivity index (χ0v) is 14.7. The molecule has 2 aromatic heterocycles. The lowest BCUT2D eigenvalue weighted by atomic mass is 9.98. The number of thioether (sulfide) groups is 1. The molecule has 0 unspecified atom stereocenters. The lowest BCUT2D eigenvalue weighted by molar-refractivity contribution is -0.134. The lowest BCUT2D eigenvalue weighted by Gasteiger charge is -2.39. The van der Waals surface area contributed by atoms with Crippen molar-refractivity contribution in [1.82, 2.24) is 24.5 Å². The second kappa shape index (κ2) is 6.12. The fourth-order valence-corrected chi connectivity index (χ4v) is 4.48. The number of imidazole rings is 1. The second-order valence-corrected chi connectivity index (χ2v) is 7.43. The number of hydrogen-bond acceptors (Lipinski definition) is 4. The summed E-state index contributed by atoms with van der Waals surface area (Å²) in [5.74, 6) is 1.31. The molecule has 1 amide bonds. The molecule has 1 N–H and O–H groups in total. The van der Waals surface area contributed by atoms with Crippen LogP contribution in [0.1, 0.15) is 33.1 Å². The van der Waals surface area contributed by atoms with Gasteiger partial charge in [0, 0.05) is 12.1 Å². The van der Waals surface area contributed by atoms with Gasteiger partial charge in [-0.1, -0.05) is 23.9 Å². The van der Waals surface area contributed by atoms with Gasteiger partial charge in [-0.15, -0.1) is 5.10 Å². The monoisotopic (exact) mass is 343 g/mol. The summed E-state index contributed by atoms with van der Waals surface area (Å²) in [4.78, 5) is 19.3. The molecule has 126 valence electrons. The van der Waals surface area contributed by atoms with Crippen LogP contribution >= 0.6 is 11.8 Å². The van der Waals surface area contributed by atoms with Crippen LogP contribution in [-0.2, 0) is 4.79 Å². The summed E-state index contributed by atoms with van der Waals surface area (Å²) >= 11 is 1.47. The van der Waals surface area contributed by atoms with Crippen LogP contribution in [0.4, 0.5) is 0 Å². The minimum absolute atomic E-state index is 0.195. The average Bonchev–Trinajstić information content (AvgIpc) is 3.12. The first kappa shape index (κ1) is 15.5. The smallest absolute Gasteiger partial charge is 0.233 e. The molecule has 24 heavy (non-hydrogen) atoms. The van der Waals surface area contributed by atoms with Crippen molar-refractivity contribution in [2.75, 3.05) is 5.75 Å². The Bertz CT molecular complexity index is 876. The molecular weight excluding hydrogens is 322 g/mol. The number of aromatic nitrogens is 4. The van der Waals surface area contributed by atoms with Gasteiger partial charge in [-0.3, -0.25) is 9.20 Å². The fourth-order valence-electron chi connectivity index (χ4n) is 3.65. The van der Waals surface area contributed by atoms with Crippen molar-refractivity contribution in [3.63, 3.8) is 0 Å². The van der Waals surface area contributed by atoms with Gasteiger partial charge in [0.1, 0.15) is 0 Å². The Morgan fingerprint density at radius 2 is 2.04 bits per heavy atom. The molecule has 1 saturated heterocycles. The average molecular weight is 343 g/mol. The number of nitrogens with one attached hydrogen (secondary N) is 1. The molecule has 1 aliphatic heterocycles. The van der Waals surface area contributed by atoms with Gasteiger partial charge in [-0.2, -0.15) is 0 Å². The third-order valence-electron chi connectivity index (χ3n) is 4.81. The van der Waals surface area contributed by atoms with Gasteiger partial charge >= 0.3 is 0 Å². The first-order valence-corrected chi connectivity index (χ1v) is 9.39. The molecule has 0 saturated carbocycles. The summed E-state index contributed by atoms with van der Waals surface area (Å²) < 4.78 is 1.98. The number of piperidine rings is 1. The standard InChI is InChI=1S/C17H21N5OS/c1-11-6-5-7-12(2)21(11)15(23)10-24-17-20-19-16-18-13-8-3-4-9-14(13)22(16)17/h3-4,8-9,11-12H,5-7,10H2,1-2H3,(H,18,19)/t11-,12-/m0/s1. The number of H-pyrrole nitrogens is 1. The Labute approximate surface area is 144 Å². The summed E-state index contributed by atoms with van der Waals surface area (Å²) in [5, 5.41) is 8.06. The molecule has 1 aromatic carbocycles. The summed E-state index contributed by atoms with van der Waals surface area (Å²) in [6.07, 6.45) is 3.40. The van der Waals surface area contributed by atoms with Crippen molar-refractivity contribution in [1.29, 1.82) is 0 Å². The topological polar surface area (TPSA) is 66.3 Å². The van der Waals surface area contributed by atoms with Crippen LogP contribution in [0.3, 0.4) is 0 Å². The van der Waals surface area contributed by atoms with Crippen molar-refractivity contribution >= 4 is 34.5 Å². The van der Waals surface area contributed by atoms with Crippen molar-refractivity contribution in [3.8, 4) is 0 Å². The van der Waals surface area contributed by atoms with Gasteiger partial charge in [0.2, 0.25) is 11.7 Å². The number of likely N-dealkylation sites (tertiary alicyclic amines) is 1. The molecular formula is C17H21N5OS. The largest absolute Gasteiger partial charge is 0.337 e. The van der Waals surface area contributed by atoms with Gasteiger partial charge in [-0.25, -0.2) is 10.1 Å². The van der Waals surface area contributed by atoms with Gasteiger partial charge in [0.05, 0.1) is 16.8 Å². The van der Waals surface area contributed by atoms with E-state index in [4.69, 9.17) is 0 Å². The molecule has 1 aliphatic rings. The van der Waals surface area contributed by atoms with Gasteiger partial charge in [0.25, 0.3) is 0 Å². The number of hydrogen-bond donors (Lipinski definition) is 1. The number of benzene rings is 1. The molecule has 1 fully saturated rings. The van der Waals surface area contributed by atoms with E-state index in [1.54, 1.807) is 0 Å². The van der Waals surface area contributed by atoms with Gasteiger partial charge in [-0.05, 0) is 45.2 Å². The van der Waals surface area contributed by atoms with Crippen LogP contribution in [0, 0.1) is 0 Å². The number of nitrogens with zero attached hydrogens (tertiary/aromatic N) is 4. The van der Waals surface area contributed by atoms with E-state index in [1.165, 1.54) is 18.2 Å². The minimum Gasteiger partial charge on any atom is -0.337 e. The van der Waals surface area contributed by atoms with E-state index < -0.39 is 0 Å². The van der Waals surface area contributed by atoms with Gasteiger partial charge in [0.15, 0.2) is 5.16 Å². The summed E-state index contributed by atoms with van der Waals surface area (Å²) in [5.41, 5.74) is 1.94. The number of rotatable bonds is 3. The highest BCUT2D eigenvalue weighted by molar-refractivity contribution is 7.99. The Morgan fingerprint density at radius 1 is 1.29 bits per heavy atom. The molecule has 4 rings (SSSR count). The lowest BCUT2D eigenvalue weighted by Crippen LogP contribution is -2.48. The quantitative estimate of drug-likeness (QED) is 0.742. The maximum Gasteiger partial charge on any atom is 0.233 e. The predicted octanol–water partition coefficient (Wildman–Crippen LogP) is 3.09.